The van der Waals surface area contributed by atoms with Gasteiger partial charge in [0.1, 0.15) is 17.3 Å². The Labute approximate surface area is 280 Å². The van der Waals surface area contributed by atoms with Crippen molar-refractivity contribution in [2.75, 3.05) is 6.61 Å². The lowest BCUT2D eigenvalue weighted by Crippen LogP contribution is -2.28. The molecule has 0 saturated carbocycles. The summed E-state index contributed by atoms with van der Waals surface area (Å²) in [5, 5.41) is 30.5. The molecule has 3 aromatic heterocycles. The summed E-state index contributed by atoms with van der Waals surface area (Å²) in [6.07, 6.45) is 3.96. The number of aromatic carboxylic acids is 1. The first-order valence-corrected chi connectivity index (χ1v) is 16.6. The van der Waals surface area contributed by atoms with E-state index in [1.165, 1.54) is 12.1 Å². The third-order valence-electron chi connectivity index (χ3n) is 9.62. The number of hydrogen-bond donors (Lipinski definition) is 2. The Hall–Kier alpha value is -4.74. The Morgan fingerprint density at radius 2 is 1.88 bits per heavy atom. The summed E-state index contributed by atoms with van der Waals surface area (Å²) in [6, 6.07) is 12.3. The lowest BCUT2D eigenvalue weighted by molar-refractivity contribution is 0.0685. The lowest BCUT2D eigenvalue weighted by Gasteiger charge is -2.26. The van der Waals surface area contributed by atoms with Gasteiger partial charge in [-0.3, -0.25) is 4.68 Å². The highest BCUT2D eigenvalue weighted by atomic mass is 35.5. The minimum Gasteiger partial charge on any atom is -0.493 e. The van der Waals surface area contributed by atoms with Crippen LogP contribution in [0.5, 0.6) is 5.75 Å². The van der Waals surface area contributed by atoms with Gasteiger partial charge in [-0.1, -0.05) is 23.7 Å². The van der Waals surface area contributed by atoms with Crippen molar-refractivity contribution in [2.24, 2.45) is 7.05 Å². The van der Waals surface area contributed by atoms with Gasteiger partial charge in [0.05, 0.1) is 41.1 Å². The average molecular weight is 669 g/mol. The van der Waals surface area contributed by atoms with E-state index in [0.717, 1.165) is 74.7 Å². The van der Waals surface area contributed by atoms with Gasteiger partial charge in [0.2, 0.25) is 11.8 Å². The fourth-order valence-corrected chi connectivity index (χ4v) is 7.81. The molecule has 0 saturated heterocycles. The molecule has 6 aromatic rings. The standard InChI is InChI=1S/C36H34ClFN6O4/c1-19-31-32-26(37)11-10-25-24(34(36(45)46)43(2)33(25)32)5-4-14-47-28-16-20(15-21-17-22(38)8-9-23(21)28)7-12-29-40-41-30(48-29)18-39-27-6-3-13-44(42-19)35(27)31/h8-11,15-17,27,39H,3-7,12-14,18H2,1-2H3,(H,45,46). The van der Waals surface area contributed by atoms with Crippen LogP contribution in [-0.2, 0) is 39.4 Å². The number of ether oxygens (including phenoxy) is 1. The number of nitrogens with one attached hydrogen (secondary N) is 1. The van der Waals surface area contributed by atoms with Crippen LogP contribution in [0.2, 0.25) is 5.02 Å². The molecule has 1 unspecified atom stereocenters. The maximum absolute atomic E-state index is 14.3. The van der Waals surface area contributed by atoms with Gasteiger partial charge in [-0.05, 0) is 85.9 Å². The SMILES string of the molecule is Cc1nn2c3c1-c1c(Cl)ccc4c(c(C(=O)O)n(C)c14)CCCOc1cc(cc4cc(F)ccc14)CCc1nnc(o1)CNC3CCC2. The van der Waals surface area contributed by atoms with Crippen LogP contribution in [0.15, 0.2) is 46.9 Å². The molecule has 0 aliphatic carbocycles. The van der Waals surface area contributed by atoms with Crippen LogP contribution < -0.4 is 10.1 Å². The van der Waals surface area contributed by atoms with E-state index in [0.29, 0.717) is 61.4 Å². The fraction of sp³-hybridized carbons (Fsp3) is 0.333. The Bertz CT molecular complexity index is 2240. The number of carboxylic acids is 1. The minimum absolute atomic E-state index is 0.0713. The third kappa shape index (κ3) is 5.21. The first kappa shape index (κ1) is 30.6. The van der Waals surface area contributed by atoms with Gasteiger partial charge < -0.3 is 24.1 Å². The second kappa shape index (κ2) is 12.1. The van der Waals surface area contributed by atoms with E-state index in [1.807, 2.05) is 35.9 Å². The Kier molecular flexibility index (Phi) is 7.68. The normalized spacial score (nSPS) is 16.9. The summed E-state index contributed by atoms with van der Waals surface area (Å²) in [5.74, 6) is 0.321. The predicted molar refractivity (Wildman–Crippen MR) is 179 cm³/mol. The summed E-state index contributed by atoms with van der Waals surface area (Å²) in [4.78, 5) is 12.8. The summed E-state index contributed by atoms with van der Waals surface area (Å²) in [7, 11) is 1.79. The van der Waals surface area contributed by atoms with Crippen molar-refractivity contribution in [3.63, 3.8) is 0 Å². The molecule has 0 amide bonds. The van der Waals surface area contributed by atoms with Gasteiger partial charge in [-0.2, -0.15) is 5.10 Å². The number of aryl methyl sites for hydroxylation is 6. The largest absolute Gasteiger partial charge is 0.493 e. The smallest absolute Gasteiger partial charge is 0.352 e. The summed E-state index contributed by atoms with van der Waals surface area (Å²) in [6.45, 7) is 3.45. The quantitative estimate of drug-likeness (QED) is 0.190. The number of rotatable bonds is 1. The fourth-order valence-electron chi connectivity index (χ4n) is 7.56. The number of nitrogens with zero attached hydrogens (tertiary/aromatic N) is 5. The molecule has 2 N–H and O–H groups in total. The summed E-state index contributed by atoms with van der Waals surface area (Å²) >= 11 is 7.02. The molecule has 48 heavy (non-hydrogen) atoms. The highest BCUT2D eigenvalue weighted by molar-refractivity contribution is 6.35. The zero-order chi connectivity index (χ0) is 33.1. The third-order valence-corrected chi connectivity index (χ3v) is 9.94. The van der Waals surface area contributed by atoms with Crippen molar-refractivity contribution in [3.05, 3.63) is 93.3 Å². The first-order valence-electron chi connectivity index (χ1n) is 16.3. The monoisotopic (exact) mass is 668 g/mol. The van der Waals surface area contributed by atoms with Crippen molar-refractivity contribution < 1.29 is 23.4 Å². The molecule has 10 nitrogen and oxygen atoms in total. The Morgan fingerprint density at radius 3 is 2.73 bits per heavy atom. The van der Waals surface area contributed by atoms with E-state index in [9.17, 15) is 14.3 Å². The van der Waals surface area contributed by atoms with E-state index in [2.05, 4.69) is 15.5 Å². The molecular formula is C36H34ClFN6O4. The van der Waals surface area contributed by atoms with Crippen LogP contribution in [0.1, 0.15) is 70.1 Å². The maximum Gasteiger partial charge on any atom is 0.352 e. The maximum atomic E-state index is 14.3. The Balaban J connectivity index is 1.27. The second-order valence-corrected chi connectivity index (χ2v) is 13.1. The molecule has 2 aliphatic rings. The molecule has 12 heteroatoms. The molecule has 3 aromatic carbocycles. The first-order chi connectivity index (χ1) is 23.3. The molecule has 2 aliphatic heterocycles. The number of benzene rings is 3. The van der Waals surface area contributed by atoms with E-state index in [1.54, 1.807) is 17.7 Å². The zero-order valence-corrected chi connectivity index (χ0v) is 27.4. The van der Waals surface area contributed by atoms with Crippen LogP contribution in [-0.4, -0.2) is 42.2 Å². The van der Waals surface area contributed by atoms with Crippen molar-refractivity contribution >= 4 is 39.2 Å². The summed E-state index contributed by atoms with van der Waals surface area (Å²) in [5.41, 5.74) is 6.19. The van der Waals surface area contributed by atoms with Crippen LogP contribution in [0, 0.1) is 12.7 Å². The Morgan fingerprint density at radius 1 is 1.04 bits per heavy atom. The highest BCUT2D eigenvalue weighted by Crippen LogP contribution is 2.45. The number of carbonyl (C=O) groups is 1. The van der Waals surface area contributed by atoms with E-state index < -0.39 is 5.97 Å². The molecule has 0 radical (unpaired) electrons. The van der Waals surface area contributed by atoms with Gasteiger partial charge in [-0.15, -0.1) is 10.2 Å². The minimum atomic E-state index is -1.01. The number of halogens is 2. The molecule has 8 bridgehead atoms. The van der Waals surface area contributed by atoms with Crippen molar-refractivity contribution in [3.8, 4) is 16.9 Å². The van der Waals surface area contributed by atoms with E-state index in [-0.39, 0.29) is 17.6 Å². The molecule has 0 fully saturated rings. The van der Waals surface area contributed by atoms with Gasteiger partial charge in [0.15, 0.2) is 0 Å². The lowest BCUT2D eigenvalue weighted by atomic mass is 9.93. The zero-order valence-electron chi connectivity index (χ0n) is 26.6. The van der Waals surface area contributed by atoms with Crippen molar-refractivity contribution in [2.45, 2.75) is 64.6 Å². The van der Waals surface area contributed by atoms with Crippen molar-refractivity contribution in [1.82, 2.24) is 29.9 Å². The average Bonchev–Trinajstić information content (AvgIpc) is 3.74. The molecule has 246 valence electrons. The molecule has 0 spiro atoms. The molecule has 5 heterocycles. The van der Waals surface area contributed by atoms with Gasteiger partial charge in [0.25, 0.3) is 0 Å². The topological polar surface area (TPSA) is 120 Å². The molecule has 8 rings (SSSR count). The van der Waals surface area contributed by atoms with Crippen LogP contribution in [0.4, 0.5) is 4.39 Å². The number of hydrogen-bond acceptors (Lipinski definition) is 7. The highest BCUT2D eigenvalue weighted by Gasteiger charge is 2.32. The van der Waals surface area contributed by atoms with Crippen LogP contribution >= 0.6 is 11.6 Å². The molecular weight excluding hydrogens is 635 g/mol. The predicted octanol–water partition coefficient (Wildman–Crippen LogP) is 7.11. The number of fused-ring (bicyclic) bond motifs is 7. The van der Waals surface area contributed by atoms with Crippen molar-refractivity contribution in [1.29, 1.82) is 0 Å². The van der Waals surface area contributed by atoms with Crippen LogP contribution in [0.25, 0.3) is 32.8 Å². The number of carboxylic acid groups (broad SMARTS) is 1. The summed E-state index contributed by atoms with van der Waals surface area (Å²) < 4.78 is 30.4. The van der Waals surface area contributed by atoms with Gasteiger partial charge >= 0.3 is 5.97 Å². The van der Waals surface area contributed by atoms with Gasteiger partial charge in [-0.25, -0.2) is 9.18 Å². The van der Waals surface area contributed by atoms with Gasteiger partial charge in [0, 0.05) is 41.9 Å². The van der Waals surface area contributed by atoms with Crippen LogP contribution in [0.3, 0.4) is 0 Å². The number of aromatic nitrogens is 5. The van der Waals surface area contributed by atoms with E-state index in [4.69, 9.17) is 25.9 Å². The molecule has 1 atom stereocenters. The second-order valence-electron chi connectivity index (χ2n) is 12.7. The van der Waals surface area contributed by atoms with E-state index >= 15 is 0 Å².